The molecule has 0 unspecified atom stereocenters. The number of nitrogens with zero attached hydrogens (tertiary/aromatic N) is 1. The molecule has 1 aliphatic rings. The molecule has 4 N–H and O–H groups in total. The predicted octanol–water partition coefficient (Wildman–Crippen LogP) is 38.7. The average molecular weight is 2080 g/mol. The standard InChI is InChI=1S/C44H87NO5.C27H55NO3.C25H49BrO2.C17H36O.C9H18O.C4H8O/c1-4-7-10-13-16-25-32-41-49-43(47)35-28-21-17-23-30-37-45(39-40-46)38-31-24-18-22-29-36-44(48)50-42(33-26-19-14-11-8-5-2)34-27-20-15-12-9-6-3;1-3-5-7-9-12-16-20-26(21-17-13-10-8-6-4-2)31-27(30)22-18-14-11-15-19-23-28-24-25-29;1-3-5-7-9-12-16-20-24(21-17-13-10-8-6-4-2)28-25(27)22-18-14-11-15-19-23-26;1-3-5-7-9-11-13-15-17(18)16-14-12-10-8-6-4-2;1-2-3-4-5-6-7-8-9-10;1-2-4-5-3-1/h42,46H,4-41H2,1-3H3;26,28-29H,3-25H2,1-2H3;24H,3-23H2,1-2H3;17-18H,3-16H2,1-2H3;9H,2-8H2,1H3;1-4H2. The van der Waals surface area contributed by atoms with Crippen LogP contribution in [0.5, 0.6) is 0 Å². The second-order valence-electron chi connectivity index (χ2n) is 42.6. The molecule has 1 fully saturated rings. The Morgan fingerprint density at radius 2 is 0.521 bits per heavy atom. The molecule has 1 saturated heterocycles. The smallest absolute Gasteiger partial charge is 0.306 e. The molecule has 0 aromatic heterocycles. The van der Waals surface area contributed by atoms with Crippen molar-refractivity contribution in [1.82, 2.24) is 10.2 Å². The van der Waals surface area contributed by atoms with Crippen LogP contribution in [0.3, 0.4) is 0 Å². The van der Waals surface area contributed by atoms with E-state index in [2.05, 4.69) is 95.4 Å². The fourth-order valence-corrected chi connectivity index (χ4v) is 19.0. The third-order valence-electron chi connectivity index (χ3n) is 28.1. The first-order chi connectivity index (χ1) is 69.8. The highest BCUT2D eigenvalue weighted by Crippen LogP contribution is 2.25. The summed E-state index contributed by atoms with van der Waals surface area (Å²) in [5.41, 5.74) is 0. The van der Waals surface area contributed by atoms with Crippen molar-refractivity contribution in [2.45, 2.75) is 710 Å². The maximum Gasteiger partial charge on any atom is 0.306 e. The van der Waals surface area contributed by atoms with Gasteiger partial charge in [-0.25, -0.2) is 0 Å². The summed E-state index contributed by atoms with van der Waals surface area (Å²) in [4.78, 5) is 61.6. The van der Waals surface area contributed by atoms with Crippen molar-refractivity contribution in [3.8, 4) is 0 Å². The number of hydrogen-bond acceptors (Lipinski definition) is 15. The van der Waals surface area contributed by atoms with Gasteiger partial charge in [-0.3, -0.25) is 19.2 Å². The van der Waals surface area contributed by atoms with Gasteiger partial charge in [-0.2, -0.15) is 0 Å². The lowest BCUT2D eigenvalue weighted by Crippen LogP contribution is -2.29. The molecule has 1 heterocycles. The van der Waals surface area contributed by atoms with E-state index in [1.54, 1.807) is 0 Å². The Morgan fingerprint density at radius 3 is 0.782 bits per heavy atom. The first-order valence-corrected chi connectivity index (χ1v) is 64.5. The molecule has 0 bridgehead atoms. The summed E-state index contributed by atoms with van der Waals surface area (Å²) in [5.74, 6) is 0.0464. The fourth-order valence-electron chi connectivity index (χ4n) is 18.6. The summed E-state index contributed by atoms with van der Waals surface area (Å²) >= 11 is 3.47. The number of halogens is 1. The van der Waals surface area contributed by atoms with Crippen LogP contribution in [0.1, 0.15) is 686 Å². The molecule has 0 atom stereocenters. The number of alkyl halides is 1. The number of carbonyl (C=O) groups excluding carboxylic acids is 5. The van der Waals surface area contributed by atoms with Crippen LogP contribution >= 0.6 is 15.9 Å². The molecule has 1 rings (SSSR count). The van der Waals surface area contributed by atoms with Gasteiger partial charge in [-0.1, -0.05) is 503 Å². The van der Waals surface area contributed by atoms with Gasteiger partial charge in [0.05, 0.1) is 25.9 Å². The Hall–Kier alpha value is -2.21. The largest absolute Gasteiger partial charge is 0.466 e. The summed E-state index contributed by atoms with van der Waals surface area (Å²) in [5, 5.41) is 32.4. The number of carbonyl (C=O) groups is 5. The minimum Gasteiger partial charge on any atom is -0.466 e. The van der Waals surface area contributed by atoms with Gasteiger partial charge in [0.25, 0.3) is 0 Å². The molecule has 0 spiro atoms. The van der Waals surface area contributed by atoms with E-state index in [-0.39, 0.29) is 61.5 Å². The molecule has 0 amide bonds. The Morgan fingerprint density at radius 1 is 0.282 bits per heavy atom. The van der Waals surface area contributed by atoms with E-state index in [1.807, 2.05) is 0 Å². The highest BCUT2D eigenvalue weighted by molar-refractivity contribution is 9.09. The van der Waals surface area contributed by atoms with Crippen LogP contribution in [-0.4, -0.2) is 146 Å². The van der Waals surface area contributed by atoms with Crippen molar-refractivity contribution in [2.24, 2.45) is 0 Å². The summed E-state index contributed by atoms with van der Waals surface area (Å²) in [6.45, 7) is 30.0. The number of unbranched alkanes of at least 4 members (excludes halogenated alkanes) is 68. The number of rotatable bonds is 109. The zero-order valence-corrected chi connectivity index (χ0v) is 98.9. The first-order valence-electron chi connectivity index (χ1n) is 63.4. The molecule has 15 nitrogen and oxygen atoms in total. The molecule has 0 saturated carbocycles. The van der Waals surface area contributed by atoms with Gasteiger partial charge in [-0.05, 0) is 187 Å². The molecule has 852 valence electrons. The highest BCUT2D eigenvalue weighted by atomic mass is 79.9. The molecular formula is C126H253BrN2O13. The van der Waals surface area contributed by atoms with E-state index in [1.165, 1.54) is 437 Å². The van der Waals surface area contributed by atoms with Crippen LogP contribution in [0.15, 0.2) is 0 Å². The van der Waals surface area contributed by atoms with Crippen molar-refractivity contribution in [3.63, 3.8) is 0 Å². The zero-order chi connectivity index (χ0) is 105. The van der Waals surface area contributed by atoms with Gasteiger partial charge < -0.3 is 54.0 Å². The van der Waals surface area contributed by atoms with Crippen molar-refractivity contribution in [3.05, 3.63) is 0 Å². The summed E-state index contributed by atoms with van der Waals surface area (Å²) in [6, 6.07) is 0. The van der Waals surface area contributed by atoms with Crippen LogP contribution in [0, 0.1) is 0 Å². The van der Waals surface area contributed by atoms with E-state index < -0.39 is 0 Å². The maximum absolute atomic E-state index is 12.7. The second-order valence-corrected chi connectivity index (χ2v) is 43.4. The quantitative estimate of drug-likeness (QED) is 0.0147. The van der Waals surface area contributed by atoms with Gasteiger partial charge in [0, 0.05) is 63.7 Å². The van der Waals surface area contributed by atoms with Gasteiger partial charge in [0.1, 0.15) is 24.6 Å². The van der Waals surface area contributed by atoms with Crippen LogP contribution in [-0.2, 0) is 47.7 Å². The molecule has 0 aromatic carbocycles. The lowest BCUT2D eigenvalue weighted by atomic mass is 10.0. The van der Waals surface area contributed by atoms with Gasteiger partial charge in [0.2, 0.25) is 0 Å². The first kappa shape index (κ1) is 148. The number of nitrogens with one attached hydrogen (secondary N) is 1. The molecule has 0 radical (unpaired) electrons. The topological polar surface area (TPSA) is 207 Å². The number of aliphatic hydroxyl groups is 3. The third-order valence-corrected chi connectivity index (χ3v) is 28.7. The minimum atomic E-state index is -0.0312. The van der Waals surface area contributed by atoms with Crippen LogP contribution in [0.25, 0.3) is 0 Å². The predicted molar refractivity (Wildman–Crippen MR) is 621 cm³/mol. The minimum absolute atomic E-state index is 0.0137. The Balaban J connectivity index is -0.000000585. The zero-order valence-electron chi connectivity index (χ0n) is 97.3. The number of aldehydes is 1. The second kappa shape index (κ2) is 137. The SMILES string of the molecule is C1CCOC1.CCCCCCCCC(CCCCCCCC)OC(=O)CCCCCCCBr.CCCCCCCCC(CCCCCCCC)OC(=O)CCCCCCCNCCO.CCCCCCCCC(O)CCCCCCCC.CCCCCCCCC=O.CCCCCCCCCOC(=O)CCCCCCCN(CCO)CCCCCCCC(=O)OC(CCCCCCCC)CCCCCCCC. The van der Waals surface area contributed by atoms with E-state index >= 15 is 0 Å². The lowest BCUT2D eigenvalue weighted by molar-refractivity contribution is -0.151. The van der Waals surface area contributed by atoms with Crippen molar-refractivity contribution in [2.75, 3.05) is 71.1 Å². The summed E-state index contributed by atoms with van der Waals surface area (Å²) in [6.07, 6.45) is 117. The molecule has 0 aromatic rings. The molecule has 16 heteroatoms. The van der Waals surface area contributed by atoms with Crippen molar-refractivity contribution < 1.29 is 63.0 Å². The fraction of sp³-hybridized carbons (Fsp3) is 0.960. The average Bonchev–Trinajstić information content (AvgIpc) is 1.24. The van der Waals surface area contributed by atoms with Crippen LogP contribution < -0.4 is 5.32 Å². The van der Waals surface area contributed by atoms with Crippen LogP contribution in [0.2, 0.25) is 0 Å². The molecule has 142 heavy (non-hydrogen) atoms. The monoisotopic (exact) mass is 2080 g/mol. The van der Waals surface area contributed by atoms with Crippen LogP contribution in [0.4, 0.5) is 0 Å². The Bertz CT molecular complexity index is 2250. The van der Waals surface area contributed by atoms with Gasteiger partial charge in [0.15, 0.2) is 0 Å². The lowest BCUT2D eigenvalue weighted by Gasteiger charge is -2.21. The Labute approximate surface area is 894 Å². The van der Waals surface area contributed by atoms with E-state index in [9.17, 15) is 34.2 Å². The van der Waals surface area contributed by atoms with E-state index in [0.29, 0.717) is 38.8 Å². The Kier molecular flexibility index (Phi) is 143. The number of esters is 4. The van der Waals surface area contributed by atoms with Crippen molar-refractivity contribution in [1.29, 1.82) is 0 Å². The highest BCUT2D eigenvalue weighted by Gasteiger charge is 2.19. The van der Waals surface area contributed by atoms with Gasteiger partial charge >= 0.3 is 23.9 Å². The van der Waals surface area contributed by atoms with Gasteiger partial charge in [-0.15, -0.1) is 0 Å². The molecule has 1 aliphatic heterocycles. The van der Waals surface area contributed by atoms with E-state index in [4.69, 9.17) is 28.8 Å². The normalized spacial score (nSPS) is 11.7. The van der Waals surface area contributed by atoms with E-state index in [0.717, 1.165) is 205 Å². The maximum atomic E-state index is 12.7. The number of ether oxygens (including phenoxy) is 5. The summed E-state index contributed by atoms with van der Waals surface area (Å²) in [7, 11) is 0. The summed E-state index contributed by atoms with van der Waals surface area (Å²) < 4.78 is 28.2. The third kappa shape index (κ3) is 136. The molecule has 0 aliphatic carbocycles. The number of hydrogen-bond donors (Lipinski definition) is 4. The van der Waals surface area contributed by atoms with Crippen molar-refractivity contribution >= 4 is 46.1 Å². The number of aliphatic hydroxyl groups excluding tert-OH is 3. The molecular weight excluding hydrogens is 1830 g/mol.